The zero-order chi connectivity index (χ0) is 19.0. The van der Waals surface area contributed by atoms with Crippen LogP contribution < -0.4 is 9.64 Å². The Kier molecular flexibility index (Phi) is 4.53. The molecule has 0 saturated carbocycles. The van der Waals surface area contributed by atoms with Gasteiger partial charge in [0.15, 0.2) is 5.82 Å². The number of hydrogen-bond acceptors (Lipinski definition) is 5. The number of carbonyl (C=O) groups is 1. The first-order valence-electron chi connectivity index (χ1n) is 8.28. The second-order valence-electron chi connectivity index (χ2n) is 6.19. The monoisotopic (exact) mass is 387 g/mol. The number of amides is 1. The fraction of sp³-hybridized carbons (Fsp3) is 0.211. The lowest BCUT2D eigenvalue weighted by Crippen LogP contribution is -2.24. The summed E-state index contributed by atoms with van der Waals surface area (Å²) in [5, 5.41) is 4.49. The average molecular weight is 388 g/mol. The highest BCUT2D eigenvalue weighted by Gasteiger charge is 2.36. The van der Waals surface area contributed by atoms with Crippen molar-refractivity contribution in [1.29, 1.82) is 0 Å². The zero-order valence-corrected chi connectivity index (χ0v) is 15.1. The van der Waals surface area contributed by atoms with Gasteiger partial charge in [0.1, 0.15) is 11.6 Å². The van der Waals surface area contributed by atoms with Gasteiger partial charge < -0.3 is 14.2 Å². The van der Waals surface area contributed by atoms with Crippen LogP contribution in [0.4, 0.5) is 10.1 Å². The summed E-state index contributed by atoms with van der Waals surface area (Å²) in [4.78, 5) is 18.5. The minimum atomic E-state index is -0.387. The lowest BCUT2D eigenvalue weighted by atomic mass is 10.1. The van der Waals surface area contributed by atoms with Gasteiger partial charge in [-0.1, -0.05) is 22.8 Å². The molecule has 8 heteroatoms. The van der Waals surface area contributed by atoms with Gasteiger partial charge in [0.05, 0.1) is 12.8 Å². The molecule has 1 amide bonds. The average Bonchev–Trinajstić information content (AvgIpc) is 3.28. The van der Waals surface area contributed by atoms with Crippen molar-refractivity contribution in [3.8, 4) is 17.2 Å². The van der Waals surface area contributed by atoms with Crippen molar-refractivity contribution >= 4 is 23.2 Å². The molecule has 1 aromatic heterocycles. The number of aromatic nitrogens is 2. The van der Waals surface area contributed by atoms with E-state index >= 15 is 0 Å². The highest BCUT2D eigenvalue weighted by atomic mass is 35.5. The van der Waals surface area contributed by atoms with Crippen molar-refractivity contribution in [1.82, 2.24) is 10.1 Å². The van der Waals surface area contributed by atoms with Crippen LogP contribution in [0.5, 0.6) is 5.75 Å². The summed E-state index contributed by atoms with van der Waals surface area (Å²) in [5.74, 6) is 0.469. The molecular weight excluding hydrogens is 373 g/mol. The van der Waals surface area contributed by atoms with E-state index in [0.29, 0.717) is 34.4 Å². The predicted molar refractivity (Wildman–Crippen MR) is 97.4 cm³/mol. The topological polar surface area (TPSA) is 68.5 Å². The van der Waals surface area contributed by atoms with Gasteiger partial charge in [-0.05, 0) is 36.4 Å². The molecule has 1 fully saturated rings. The standard InChI is InChI=1S/C19H15ClFN3O3/c1-26-16-6-5-13(20)9-15(16)24-10-12(8-17(24)25)18-22-19(27-23-18)11-3-2-4-14(21)7-11/h2-7,9,12H,8,10H2,1H3. The van der Waals surface area contributed by atoms with Gasteiger partial charge in [0, 0.05) is 29.5 Å². The van der Waals surface area contributed by atoms with Crippen molar-refractivity contribution in [2.75, 3.05) is 18.6 Å². The molecule has 27 heavy (non-hydrogen) atoms. The van der Waals surface area contributed by atoms with Crippen molar-refractivity contribution in [2.24, 2.45) is 0 Å². The number of halogens is 2. The highest BCUT2D eigenvalue weighted by molar-refractivity contribution is 6.31. The van der Waals surface area contributed by atoms with E-state index in [1.54, 1.807) is 35.2 Å². The molecule has 6 nitrogen and oxygen atoms in total. The Morgan fingerprint density at radius 2 is 2.15 bits per heavy atom. The van der Waals surface area contributed by atoms with Gasteiger partial charge in [-0.2, -0.15) is 4.98 Å². The first-order valence-corrected chi connectivity index (χ1v) is 8.66. The maximum Gasteiger partial charge on any atom is 0.258 e. The summed E-state index contributed by atoms with van der Waals surface area (Å²) in [7, 11) is 1.54. The van der Waals surface area contributed by atoms with Crippen LogP contribution in [0.2, 0.25) is 5.02 Å². The molecule has 2 aromatic carbocycles. The molecule has 0 radical (unpaired) electrons. The molecule has 0 spiro atoms. The maximum absolute atomic E-state index is 13.4. The minimum Gasteiger partial charge on any atom is -0.495 e. The molecule has 1 unspecified atom stereocenters. The molecule has 1 atom stereocenters. The second kappa shape index (κ2) is 7.00. The van der Waals surface area contributed by atoms with Crippen LogP contribution in [-0.4, -0.2) is 29.7 Å². The largest absolute Gasteiger partial charge is 0.495 e. The van der Waals surface area contributed by atoms with E-state index in [-0.39, 0.29) is 30.0 Å². The van der Waals surface area contributed by atoms with E-state index in [2.05, 4.69) is 10.1 Å². The number of carbonyl (C=O) groups excluding carboxylic acids is 1. The molecule has 1 saturated heterocycles. The highest BCUT2D eigenvalue weighted by Crippen LogP contribution is 2.37. The van der Waals surface area contributed by atoms with Crippen LogP contribution in [0.15, 0.2) is 47.0 Å². The molecule has 2 heterocycles. The Morgan fingerprint density at radius 3 is 2.93 bits per heavy atom. The van der Waals surface area contributed by atoms with Gasteiger partial charge in [-0.15, -0.1) is 0 Å². The van der Waals surface area contributed by atoms with Crippen molar-refractivity contribution in [3.05, 3.63) is 59.1 Å². The summed E-state index contributed by atoms with van der Waals surface area (Å²) in [6.45, 7) is 0.373. The number of ether oxygens (including phenoxy) is 1. The lowest BCUT2D eigenvalue weighted by Gasteiger charge is -2.19. The molecule has 1 aliphatic rings. The van der Waals surface area contributed by atoms with Crippen molar-refractivity contribution in [3.63, 3.8) is 0 Å². The number of hydrogen-bond donors (Lipinski definition) is 0. The third-order valence-corrected chi connectivity index (χ3v) is 4.67. The first kappa shape index (κ1) is 17.5. The summed E-state index contributed by atoms with van der Waals surface area (Å²) in [6, 6.07) is 11.0. The van der Waals surface area contributed by atoms with Gasteiger partial charge in [-0.25, -0.2) is 4.39 Å². The van der Waals surface area contributed by atoms with Crippen LogP contribution >= 0.6 is 11.6 Å². The fourth-order valence-electron chi connectivity index (χ4n) is 3.13. The number of methoxy groups -OCH3 is 1. The van der Waals surface area contributed by atoms with E-state index in [1.807, 2.05) is 0 Å². The van der Waals surface area contributed by atoms with E-state index in [9.17, 15) is 9.18 Å². The van der Waals surface area contributed by atoms with Crippen LogP contribution in [0.25, 0.3) is 11.5 Å². The van der Waals surface area contributed by atoms with Gasteiger partial charge in [0.25, 0.3) is 5.89 Å². The molecule has 1 aliphatic heterocycles. The second-order valence-corrected chi connectivity index (χ2v) is 6.63. The van der Waals surface area contributed by atoms with Crippen molar-refractivity contribution < 1.29 is 18.4 Å². The smallest absolute Gasteiger partial charge is 0.258 e. The van der Waals surface area contributed by atoms with E-state index in [0.717, 1.165) is 0 Å². The third-order valence-electron chi connectivity index (χ3n) is 4.44. The molecule has 3 aromatic rings. The van der Waals surface area contributed by atoms with E-state index in [4.69, 9.17) is 20.9 Å². The minimum absolute atomic E-state index is 0.0855. The Bertz CT molecular complexity index is 1010. The molecule has 0 N–H and O–H groups in total. The summed E-state index contributed by atoms with van der Waals surface area (Å²) < 4.78 is 24.0. The summed E-state index contributed by atoms with van der Waals surface area (Å²) in [6.07, 6.45) is 0.234. The fourth-order valence-corrected chi connectivity index (χ4v) is 3.29. The van der Waals surface area contributed by atoms with Gasteiger partial charge in [0.2, 0.25) is 5.91 Å². The van der Waals surface area contributed by atoms with E-state index in [1.165, 1.54) is 19.2 Å². The van der Waals surface area contributed by atoms with Crippen LogP contribution in [0.1, 0.15) is 18.2 Å². The number of anilines is 1. The lowest BCUT2D eigenvalue weighted by molar-refractivity contribution is -0.117. The van der Waals surface area contributed by atoms with Crippen LogP contribution in [0.3, 0.4) is 0 Å². The predicted octanol–water partition coefficient (Wildman–Crippen LogP) is 4.06. The van der Waals surface area contributed by atoms with Gasteiger partial charge >= 0.3 is 0 Å². The Hall–Kier alpha value is -2.93. The number of benzene rings is 2. The van der Waals surface area contributed by atoms with Crippen LogP contribution in [0, 0.1) is 5.82 Å². The third kappa shape index (κ3) is 3.38. The Balaban J connectivity index is 1.59. The molecule has 138 valence electrons. The SMILES string of the molecule is COc1ccc(Cl)cc1N1CC(c2noc(-c3cccc(F)c3)n2)CC1=O. The number of nitrogens with zero attached hydrogens (tertiary/aromatic N) is 3. The molecule has 0 aliphatic carbocycles. The number of rotatable bonds is 4. The molecule has 4 rings (SSSR count). The quantitative estimate of drug-likeness (QED) is 0.675. The molecule has 0 bridgehead atoms. The molecular formula is C19H15ClFN3O3. The zero-order valence-electron chi connectivity index (χ0n) is 14.4. The van der Waals surface area contributed by atoms with Gasteiger partial charge in [-0.3, -0.25) is 4.79 Å². The van der Waals surface area contributed by atoms with E-state index < -0.39 is 0 Å². The first-order chi connectivity index (χ1) is 13.0. The van der Waals surface area contributed by atoms with Crippen molar-refractivity contribution in [2.45, 2.75) is 12.3 Å². The Morgan fingerprint density at radius 1 is 1.30 bits per heavy atom. The summed E-state index contributed by atoms with van der Waals surface area (Å²) in [5.41, 5.74) is 1.10. The van der Waals surface area contributed by atoms with Crippen LogP contribution in [-0.2, 0) is 4.79 Å². The summed E-state index contributed by atoms with van der Waals surface area (Å²) >= 11 is 6.07. The normalized spacial score (nSPS) is 16.8. The Labute approximate surface area is 159 Å². The maximum atomic E-state index is 13.4.